The number of aryl methyl sites for hydroxylation is 2. The zero-order valence-corrected chi connectivity index (χ0v) is 13.8. The molecule has 22 heavy (non-hydrogen) atoms. The Morgan fingerprint density at radius 2 is 1.68 bits per heavy atom. The van der Waals surface area contributed by atoms with Crippen LogP contribution in [-0.2, 0) is 21.3 Å². The Morgan fingerprint density at radius 1 is 1.05 bits per heavy atom. The summed E-state index contributed by atoms with van der Waals surface area (Å²) in [7, 11) is -1.03. The molecule has 3 nitrogen and oxygen atoms in total. The third-order valence-electron chi connectivity index (χ3n) is 3.22. The predicted octanol–water partition coefficient (Wildman–Crippen LogP) is 3.58. The molecule has 0 bridgehead atoms. The van der Waals surface area contributed by atoms with Crippen molar-refractivity contribution in [3.63, 3.8) is 0 Å². The number of amides is 1. The van der Waals surface area contributed by atoms with Crippen LogP contribution in [0.3, 0.4) is 0 Å². The topological polar surface area (TPSA) is 46.2 Å². The van der Waals surface area contributed by atoms with Crippen LogP contribution >= 0.6 is 0 Å². The lowest BCUT2D eigenvalue weighted by Crippen LogP contribution is -2.15. The number of nitrogens with one attached hydrogen (secondary N) is 1. The van der Waals surface area contributed by atoms with Gasteiger partial charge < -0.3 is 5.32 Å². The molecule has 4 heteroatoms. The number of carbonyl (C=O) groups is 1. The summed E-state index contributed by atoms with van der Waals surface area (Å²) in [5.41, 5.74) is 4.19. The molecule has 1 atom stereocenters. The van der Waals surface area contributed by atoms with Crippen molar-refractivity contribution in [3.8, 4) is 0 Å². The maximum Gasteiger partial charge on any atom is 0.225 e. The van der Waals surface area contributed by atoms with Gasteiger partial charge in [-0.1, -0.05) is 47.5 Å². The first-order valence-electron chi connectivity index (χ1n) is 7.30. The van der Waals surface area contributed by atoms with Crippen molar-refractivity contribution < 1.29 is 9.00 Å². The van der Waals surface area contributed by atoms with E-state index in [9.17, 15) is 9.00 Å². The molecule has 0 aromatic heterocycles. The van der Waals surface area contributed by atoms with Gasteiger partial charge in [-0.3, -0.25) is 9.00 Å². The third-order valence-corrected chi connectivity index (χ3v) is 4.54. The first kappa shape index (κ1) is 16.4. The second-order valence-corrected chi connectivity index (χ2v) is 7.03. The van der Waals surface area contributed by atoms with E-state index < -0.39 is 10.8 Å². The van der Waals surface area contributed by atoms with Crippen LogP contribution < -0.4 is 5.32 Å². The quantitative estimate of drug-likeness (QED) is 0.885. The lowest BCUT2D eigenvalue weighted by molar-refractivity contribution is -0.115. The van der Waals surface area contributed by atoms with E-state index in [1.165, 1.54) is 11.1 Å². The fourth-order valence-corrected chi connectivity index (χ4v) is 3.46. The van der Waals surface area contributed by atoms with E-state index in [1.807, 2.05) is 44.2 Å². The highest BCUT2D eigenvalue weighted by molar-refractivity contribution is 7.84. The zero-order chi connectivity index (χ0) is 15.9. The predicted molar refractivity (Wildman–Crippen MR) is 92.3 cm³/mol. The van der Waals surface area contributed by atoms with Crippen molar-refractivity contribution in [2.24, 2.45) is 0 Å². The molecule has 2 rings (SSSR count). The molecule has 0 heterocycles. The van der Waals surface area contributed by atoms with E-state index in [4.69, 9.17) is 0 Å². The van der Waals surface area contributed by atoms with Crippen molar-refractivity contribution in [2.45, 2.75) is 26.0 Å². The summed E-state index contributed by atoms with van der Waals surface area (Å²) in [4.78, 5) is 11.8. The first-order valence-corrected chi connectivity index (χ1v) is 8.79. The van der Waals surface area contributed by atoms with Crippen molar-refractivity contribution in [2.75, 3.05) is 11.1 Å². The minimum absolute atomic E-state index is 0.0972. The number of carbonyl (C=O) groups excluding carboxylic acids is 1. The second kappa shape index (κ2) is 7.90. The van der Waals surface area contributed by atoms with E-state index in [0.717, 1.165) is 11.3 Å². The Hall–Kier alpha value is -1.94. The molecule has 1 amide bonds. The van der Waals surface area contributed by atoms with Gasteiger partial charge in [0, 0.05) is 34.4 Å². The van der Waals surface area contributed by atoms with E-state index in [0.29, 0.717) is 11.5 Å². The molecule has 0 spiro atoms. The van der Waals surface area contributed by atoms with Gasteiger partial charge >= 0.3 is 0 Å². The highest BCUT2D eigenvalue weighted by atomic mass is 32.2. The Bertz CT molecular complexity index is 648. The van der Waals surface area contributed by atoms with Crippen molar-refractivity contribution in [3.05, 3.63) is 65.2 Å². The van der Waals surface area contributed by atoms with Crippen molar-refractivity contribution >= 4 is 22.4 Å². The minimum atomic E-state index is -1.03. The van der Waals surface area contributed by atoms with E-state index >= 15 is 0 Å². The number of anilines is 1. The molecule has 0 saturated heterocycles. The monoisotopic (exact) mass is 315 g/mol. The molecule has 116 valence electrons. The summed E-state index contributed by atoms with van der Waals surface area (Å²) in [6.07, 6.45) is 0.270. The average molecular weight is 315 g/mol. The smallest absolute Gasteiger partial charge is 0.225 e. The van der Waals surface area contributed by atoms with Gasteiger partial charge in [0.05, 0.1) is 0 Å². The standard InChI is InChI=1S/C18H21NO2S/c1-14-10-15(2)12-16(11-14)13-22(21)9-8-18(20)19-17-6-4-3-5-7-17/h3-7,10-12H,8-9,13H2,1-2H3,(H,19,20). The first-order chi connectivity index (χ1) is 10.5. The molecule has 1 N–H and O–H groups in total. The van der Waals surface area contributed by atoms with E-state index in [2.05, 4.69) is 23.5 Å². The summed E-state index contributed by atoms with van der Waals surface area (Å²) in [6, 6.07) is 15.5. The van der Waals surface area contributed by atoms with Gasteiger partial charge in [-0.25, -0.2) is 0 Å². The van der Waals surface area contributed by atoms with Gasteiger partial charge in [0.2, 0.25) is 5.91 Å². The number of hydrogen-bond acceptors (Lipinski definition) is 2. The zero-order valence-electron chi connectivity index (χ0n) is 13.0. The Morgan fingerprint density at radius 3 is 2.32 bits per heavy atom. The lowest BCUT2D eigenvalue weighted by Gasteiger charge is -2.07. The minimum Gasteiger partial charge on any atom is -0.326 e. The molecule has 0 radical (unpaired) electrons. The van der Waals surface area contributed by atoms with Gasteiger partial charge in [0.25, 0.3) is 0 Å². The fourth-order valence-electron chi connectivity index (χ4n) is 2.36. The summed E-state index contributed by atoms with van der Waals surface area (Å²) < 4.78 is 12.1. The highest BCUT2D eigenvalue weighted by Gasteiger charge is 2.07. The maximum absolute atomic E-state index is 12.1. The third kappa shape index (κ3) is 5.45. The van der Waals surface area contributed by atoms with Gasteiger partial charge in [0.15, 0.2) is 0 Å². The van der Waals surface area contributed by atoms with Crippen LogP contribution in [0.4, 0.5) is 5.69 Å². The largest absolute Gasteiger partial charge is 0.326 e. The Kier molecular flexibility index (Phi) is 5.90. The molecule has 2 aromatic carbocycles. The molecular weight excluding hydrogens is 294 g/mol. The van der Waals surface area contributed by atoms with Gasteiger partial charge in [-0.05, 0) is 31.5 Å². The van der Waals surface area contributed by atoms with Crippen LogP contribution in [0, 0.1) is 13.8 Å². The highest BCUT2D eigenvalue weighted by Crippen LogP contribution is 2.12. The van der Waals surface area contributed by atoms with Crippen LogP contribution in [-0.4, -0.2) is 15.9 Å². The van der Waals surface area contributed by atoms with Gasteiger partial charge in [0.1, 0.15) is 0 Å². The van der Waals surface area contributed by atoms with Crippen LogP contribution in [0.15, 0.2) is 48.5 Å². The molecule has 0 saturated carbocycles. The number of rotatable bonds is 6. The molecule has 0 fully saturated rings. The molecule has 0 aliphatic rings. The summed E-state index contributed by atoms with van der Waals surface area (Å²) >= 11 is 0. The van der Waals surface area contributed by atoms with Crippen molar-refractivity contribution in [1.29, 1.82) is 0 Å². The number of benzene rings is 2. The summed E-state index contributed by atoms with van der Waals surface area (Å²) in [6.45, 7) is 4.07. The molecular formula is C18H21NO2S. The molecule has 0 aliphatic carbocycles. The molecule has 1 unspecified atom stereocenters. The Balaban J connectivity index is 1.81. The molecule has 0 aliphatic heterocycles. The van der Waals surface area contributed by atoms with Crippen LogP contribution in [0.1, 0.15) is 23.1 Å². The lowest BCUT2D eigenvalue weighted by atomic mass is 10.1. The fraction of sp³-hybridized carbons (Fsp3) is 0.278. The summed E-state index contributed by atoms with van der Waals surface area (Å²) in [5.74, 6) is 0.784. The van der Waals surface area contributed by atoms with Crippen LogP contribution in [0.2, 0.25) is 0 Å². The van der Waals surface area contributed by atoms with Gasteiger partial charge in [-0.15, -0.1) is 0 Å². The number of para-hydroxylation sites is 1. The SMILES string of the molecule is Cc1cc(C)cc(CS(=O)CCC(=O)Nc2ccccc2)c1. The molecule has 2 aromatic rings. The number of hydrogen-bond donors (Lipinski definition) is 1. The second-order valence-electron chi connectivity index (χ2n) is 5.45. The van der Waals surface area contributed by atoms with Crippen LogP contribution in [0.25, 0.3) is 0 Å². The normalized spacial score (nSPS) is 11.9. The average Bonchev–Trinajstić information content (AvgIpc) is 2.45. The van der Waals surface area contributed by atoms with E-state index in [-0.39, 0.29) is 12.3 Å². The van der Waals surface area contributed by atoms with Crippen molar-refractivity contribution in [1.82, 2.24) is 0 Å². The van der Waals surface area contributed by atoms with E-state index in [1.54, 1.807) is 0 Å². The van der Waals surface area contributed by atoms with Gasteiger partial charge in [-0.2, -0.15) is 0 Å². The maximum atomic E-state index is 12.1. The summed E-state index contributed by atoms with van der Waals surface area (Å²) in [5, 5.41) is 2.81. The van der Waals surface area contributed by atoms with Crippen LogP contribution in [0.5, 0.6) is 0 Å². The Labute approximate surface area is 134 Å².